The molecular formula is C62H36N2O2. The SMILES string of the molecule is N#Cc1cccc(C#N)c1-c1cc(-c2ccccc2)c(-c2cc(-c3ccc4oc5ccccc5c4c3)c(-c3ccccc3)c(-c3ccc4oc5ccccc5c4c3)c2)c(-c2ccccc2)c1. The van der Waals surface area contributed by atoms with Gasteiger partial charge in [0.25, 0.3) is 0 Å². The van der Waals surface area contributed by atoms with Gasteiger partial charge in [-0.15, -0.1) is 0 Å². The van der Waals surface area contributed by atoms with Crippen LogP contribution in [0.1, 0.15) is 11.1 Å². The van der Waals surface area contributed by atoms with Gasteiger partial charge in [-0.3, -0.25) is 0 Å². The minimum absolute atomic E-state index is 0.445. The average molecular weight is 841 g/mol. The second kappa shape index (κ2) is 15.8. The molecule has 0 amide bonds. The molecule has 0 spiro atoms. The number of benzene rings is 10. The third-order valence-electron chi connectivity index (χ3n) is 12.8. The summed E-state index contributed by atoms with van der Waals surface area (Å²) in [4.78, 5) is 0. The van der Waals surface area contributed by atoms with E-state index in [1.54, 1.807) is 18.2 Å². The van der Waals surface area contributed by atoms with E-state index < -0.39 is 0 Å². The summed E-state index contributed by atoms with van der Waals surface area (Å²) >= 11 is 0. The average Bonchev–Trinajstić information content (AvgIpc) is 3.96. The first-order chi connectivity index (χ1) is 32.6. The topological polar surface area (TPSA) is 73.9 Å². The molecule has 306 valence electrons. The van der Waals surface area contributed by atoms with Gasteiger partial charge in [0.2, 0.25) is 0 Å². The van der Waals surface area contributed by atoms with Crippen molar-refractivity contribution in [2.75, 3.05) is 0 Å². The van der Waals surface area contributed by atoms with Crippen molar-refractivity contribution >= 4 is 43.9 Å². The van der Waals surface area contributed by atoms with Crippen molar-refractivity contribution in [1.82, 2.24) is 0 Å². The molecule has 4 heteroatoms. The van der Waals surface area contributed by atoms with Crippen LogP contribution in [0.3, 0.4) is 0 Å². The molecule has 12 rings (SSSR count). The van der Waals surface area contributed by atoms with E-state index in [-0.39, 0.29) is 0 Å². The minimum Gasteiger partial charge on any atom is -0.456 e. The lowest BCUT2D eigenvalue weighted by Crippen LogP contribution is -1.98. The molecule has 0 radical (unpaired) electrons. The first kappa shape index (κ1) is 38.5. The standard InChI is InChI=1S/C62H36N2O2/c63-37-44-21-14-22-45(38-64)60(44)46-33-50(39-15-4-1-5-16-39)62(51(34-46)40-17-6-2-7-18-40)47-35-52(42-27-29-58-54(31-42)48-23-10-12-25-56(48)65-58)61(41-19-8-3-9-20-41)53(36-47)43-28-30-59-55(32-43)49-24-11-13-26-57(49)66-59/h1-36H. The first-order valence-electron chi connectivity index (χ1n) is 21.9. The quantitative estimate of drug-likeness (QED) is 0.160. The Bertz CT molecular complexity index is 3710. The summed E-state index contributed by atoms with van der Waals surface area (Å²) < 4.78 is 12.7. The number of furan rings is 2. The molecule has 0 saturated heterocycles. The Morgan fingerprint density at radius 1 is 0.258 bits per heavy atom. The Morgan fingerprint density at radius 3 is 1.08 bits per heavy atom. The Kier molecular flexibility index (Phi) is 9.23. The predicted octanol–water partition coefficient (Wildman–Crippen LogP) is 16.9. The number of nitrogens with zero attached hydrogens (tertiary/aromatic N) is 2. The molecule has 0 aliphatic heterocycles. The second-order valence-electron chi connectivity index (χ2n) is 16.6. The van der Waals surface area contributed by atoms with E-state index in [9.17, 15) is 10.5 Å². The molecular weight excluding hydrogens is 805 g/mol. The lowest BCUT2D eigenvalue weighted by Gasteiger charge is -2.23. The fourth-order valence-corrected chi connectivity index (χ4v) is 9.78. The molecule has 2 heterocycles. The van der Waals surface area contributed by atoms with Crippen LogP contribution in [-0.2, 0) is 0 Å². The van der Waals surface area contributed by atoms with Crippen LogP contribution in [0.4, 0.5) is 0 Å². The van der Waals surface area contributed by atoms with Gasteiger partial charge in [0, 0.05) is 27.1 Å². The zero-order valence-electron chi connectivity index (χ0n) is 35.5. The molecule has 4 nitrogen and oxygen atoms in total. The summed E-state index contributed by atoms with van der Waals surface area (Å²) in [7, 11) is 0. The van der Waals surface area contributed by atoms with E-state index in [1.807, 2.05) is 36.4 Å². The van der Waals surface area contributed by atoms with Crippen LogP contribution in [0, 0.1) is 22.7 Å². The maximum atomic E-state index is 10.5. The van der Waals surface area contributed by atoms with E-state index in [1.165, 1.54) is 0 Å². The van der Waals surface area contributed by atoms with Crippen LogP contribution < -0.4 is 0 Å². The normalized spacial score (nSPS) is 11.3. The van der Waals surface area contributed by atoms with Gasteiger partial charge in [0.15, 0.2) is 0 Å². The van der Waals surface area contributed by atoms with Gasteiger partial charge < -0.3 is 8.83 Å². The molecule has 0 aliphatic rings. The fraction of sp³-hybridized carbons (Fsp3) is 0. The van der Waals surface area contributed by atoms with Gasteiger partial charge in [0.05, 0.1) is 23.3 Å². The highest BCUT2D eigenvalue weighted by molar-refractivity contribution is 6.11. The lowest BCUT2D eigenvalue weighted by atomic mass is 9.80. The van der Waals surface area contributed by atoms with Crippen molar-refractivity contribution in [3.8, 4) is 90.0 Å². The summed E-state index contributed by atoms with van der Waals surface area (Å²) in [6, 6.07) is 80.1. The first-order valence-corrected chi connectivity index (χ1v) is 21.9. The van der Waals surface area contributed by atoms with Crippen LogP contribution in [-0.4, -0.2) is 0 Å². The maximum absolute atomic E-state index is 10.5. The van der Waals surface area contributed by atoms with Crippen molar-refractivity contribution in [2.45, 2.75) is 0 Å². The number of fused-ring (bicyclic) bond motifs is 6. The van der Waals surface area contributed by atoms with Gasteiger partial charge in [-0.1, -0.05) is 146 Å². The lowest BCUT2D eigenvalue weighted by molar-refractivity contribution is 0.668. The summed E-state index contributed by atoms with van der Waals surface area (Å²) in [6.07, 6.45) is 0. The van der Waals surface area contributed by atoms with Crippen molar-refractivity contribution in [2.24, 2.45) is 0 Å². The van der Waals surface area contributed by atoms with E-state index >= 15 is 0 Å². The highest BCUT2D eigenvalue weighted by Gasteiger charge is 2.24. The zero-order valence-corrected chi connectivity index (χ0v) is 35.5. The van der Waals surface area contributed by atoms with Gasteiger partial charge in [0.1, 0.15) is 22.3 Å². The summed E-state index contributed by atoms with van der Waals surface area (Å²) in [5.74, 6) is 0. The van der Waals surface area contributed by atoms with Crippen LogP contribution >= 0.6 is 0 Å². The molecule has 12 aromatic rings. The van der Waals surface area contributed by atoms with E-state index in [0.29, 0.717) is 16.7 Å². The van der Waals surface area contributed by atoms with Crippen molar-refractivity contribution in [3.05, 3.63) is 230 Å². The number of hydrogen-bond acceptors (Lipinski definition) is 4. The van der Waals surface area contributed by atoms with Gasteiger partial charge in [-0.2, -0.15) is 10.5 Å². The van der Waals surface area contributed by atoms with Crippen LogP contribution in [0.2, 0.25) is 0 Å². The summed E-state index contributed by atoms with van der Waals surface area (Å²) in [5, 5.41) is 25.1. The molecule has 0 fully saturated rings. The third kappa shape index (κ3) is 6.45. The molecule has 0 bridgehead atoms. The molecule has 0 aliphatic carbocycles. The van der Waals surface area contributed by atoms with Gasteiger partial charge >= 0.3 is 0 Å². The maximum Gasteiger partial charge on any atom is 0.135 e. The van der Waals surface area contributed by atoms with Crippen molar-refractivity contribution in [3.63, 3.8) is 0 Å². The molecule has 0 atom stereocenters. The smallest absolute Gasteiger partial charge is 0.135 e. The van der Waals surface area contributed by atoms with Crippen molar-refractivity contribution < 1.29 is 8.83 Å². The second-order valence-corrected chi connectivity index (χ2v) is 16.6. The highest BCUT2D eigenvalue weighted by Crippen LogP contribution is 2.50. The Labute approximate surface area is 381 Å². The third-order valence-corrected chi connectivity index (χ3v) is 12.8. The van der Waals surface area contributed by atoms with Crippen LogP contribution in [0.5, 0.6) is 0 Å². The molecule has 66 heavy (non-hydrogen) atoms. The molecule has 0 N–H and O–H groups in total. The van der Waals surface area contributed by atoms with Crippen molar-refractivity contribution in [1.29, 1.82) is 10.5 Å². The highest BCUT2D eigenvalue weighted by atomic mass is 16.3. The monoisotopic (exact) mass is 840 g/mol. The van der Waals surface area contributed by atoms with Gasteiger partial charge in [-0.25, -0.2) is 0 Å². The Morgan fingerprint density at radius 2 is 0.621 bits per heavy atom. The number of para-hydroxylation sites is 2. The summed E-state index contributed by atoms with van der Waals surface area (Å²) in [6.45, 7) is 0. The fourth-order valence-electron chi connectivity index (χ4n) is 9.78. The summed E-state index contributed by atoms with van der Waals surface area (Å²) in [5.41, 5.74) is 18.0. The molecule has 2 aromatic heterocycles. The van der Waals surface area contributed by atoms with Crippen LogP contribution in [0.15, 0.2) is 227 Å². The Balaban J connectivity index is 1.24. The molecule has 0 unspecified atom stereocenters. The largest absolute Gasteiger partial charge is 0.456 e. The number of nitriles is 2. The van der Waals surface area contributed by atoms with E-state index in [0.717, 1.165) is 116 Å². The van der Waals surface area contributed by atoms with E-state index in [4.69, 9.17) is 8.83 Å². The number of rotatable bonds is 7. The molecule has 10 aromatic carbocycles. The number of hydrogen-bond donors (Lipinski definition) is 0. The molecule has 0 saturated carbocycles. The van der Waals surface area contributed by atoms with E-state index in [2.05, 4.69) is 176 Å². The predicted molar refractivity (Wildman–Crippen MR) is 268 cm³/mol. The zero-order chi connectivity index (χ0) is 44.1. The van der Waals surface area contributed by atoms with Crippen LogP contribution in [0.25, 0.3) is 122 Å². The van der Waals surface area contributed by atoms with Gasteiger partial charge in [-0.05, 0) is 145 Å². The Hall–Kier alpha value is -9.22. The minimum atomic E-state index is 0.445.